The highest BCUT2D eigenvalue weighted by atomic mass is 35.5. The van der Waals surface area contributed by atoms with Crippen molar-refractivity contribution in [1.29, 1.82) is 0 Å². The first-order chi connectivity index (χ1) is 10.6. The van der Waals surface area contributed by atoms with Crippen molar-refractivity contribution >= 4 is 34.3 Å². The van der Waals surface area contributed by atoms with Gasteiger partial charge in [-0.25, -0.2) is 4.21 Å². The van der Waals surface area contributed by atoms with Crippen molar-refractivity contribution in [2.75, 3.05) is 39.8 Å². The highest BCUT2D eigenvalue weighted by Gasteiger charge is 2.15. The Hall–Kier alpha value is -0.170. The second-order valence-electron chi connectivity index (χ2n) is 5.34. The molecule has 1 aromatic carbocycles. The summed E-state index contributed by atoms with van der Waals surface area (Å²) in [6, 6.07) is 3.67. The zero-order valence-electron chi connectivity index (χ0n) is 12.7. The molecule has 1 aliphatic rings. The lowest BCUT2D eigenvalue weighted by atomic mass is 10.1. The summed E-state index contributed by atoms with van der Waals surface area (Å²) in [5, 5.41) is 4.21. The average molecular weight is 365 g/mol. The highest BCUT2D eigenvalue weighted by molar-refractivity contribution is 7.80. The van der Waals surface area contributed by atoms with Gasteiger partial charge in [-0.05, 0) is 56.6 Å². The molecule has 22 heavy (non-hydrogen) atoms. The first-order valence-corrected chi connectivity index (χ1v) is 9.32. The van der Waals surface area contributed by atoms with Gasteiger partial charge in [0.05, 0.1) is 17.2 Å². The topological polar surface area (TPSA) is 41.6 Å². The molecule has 1 aromatic rings. The number of halogens is 2. The second kappa shape index (κ2) is 9.21. The fourth-order valence-corrected chi connectivity index (χ4v) is 4.14. The zero-order chi connectivity index (χ0) is 15.9. The lowest BCUT2D eigenvalue weighted by Gasteiger charge is -2.19. The van der Waals surface area contributed by atoms with Crippen LogP contribution in [0.15, 0.2) is 17.0 Å². The van der Waals surface area contributed by atoms with Crippen LogP contribution >= 0.6 is 23.2 Å². The SMILES string of the molecule is COS(=O)c1c(Cl)cc(CCCN2CCCNCC2)cc1Cl. The Morgan fingerprint density at radius 1 is 1.27 bits per heavy atom. The van der Waals surface area contributed by atoms with E-state index in [0.717, 1.165) is 51.1 Å². The van der Waals surface area contributed by atoms with Crippen molar-refractivity contribution < 1.29 is 8.39 Å². The molecular formula is C15H22Cl2N2O2S. The maximum absolute atomic E-state index is 11.7. The third-order valence-corrected chi connectivity index (χ3v) is 5.64. The minimum Gasteiger partial charge on any atom is -0.315 e. The smallest absolute Gasteiger partial charge is 0.191 e. The largest absolute Gasteiger partial charge is 0.315 e. The molecule has 124 valence electrons. The third-order valence-electron chi connectivity index (χ3n) is 3.75. The van der Waals surface area contributed by atoms with E-state index in [1.807, 2.05) is 12.1 Å². The van der Waals surface area contributed by atoms with Crippen LogP contribution in [-0.2, 0) is 21.7 Å². The van der Waals surface area contributed by atoms with Gasteiger partial charge in [0.15, 0.2) is 11.1 Å². The van der Waals surface area contributed by atoms with Crippen LogP contribution in [0.2, 0.25) is 10.0 Å². The Labute approximate surface area is 144 Å². The molecule has 1 aliphatic heterocycles. The van der Waals surface area contributed by atoms with Gasteiger partial charge in [0.1, 0.15) is 4.90 Å². The molecule has 0 aromatic heterocycles. The predicted molar refractivity (Wildman–Crippen MR) is 92.1 cm³/mol. The molecule has 0 spiro atoms. The third kappa shape index (κ3) is 5.18. The van der Waals surface area contributed by atoms with E-state index in [-0.39, 0.29) is 0 Å². The van der Waals surface area contributed by atoms with E-state index in [0.29, 0.717) is 14.9 Å². The van der Waals surface area contributed by atoms with Gasteiger partial charge in [-0.1, -0.05) is 23.2 Å². The first kappa shape index (κ1) is 18.2. The van der Waals surface area contributed by atoms with Gasteiger partial charge in [0.25, 0.3) is 0 Å². The van der Waals surface area contributed by atoms with E-state index in [4.69, 9.17) is 27.4 Å². The molecule has 0 aliphatic carbocycles. The zero-order valence-corrected chi connectivity index (χ0v) is 15.1. The van der Waals surface area contributed by atoms with E-state index < -0.39 is 11.1 Å². The Kier molecular flexibility index (Phi) is 7.60. The van der Waals surface area contributed by atoms with Gasteiger partial charge in [-0.3, -0.25) is 4.18 Å². The Morgan fingerprint density at radius 3 is 2.68 bits per heavy atom. The summed E-state index contributed by atoms with van der Waals surface area (Å²) in [4.78, 5) is 2.84. The van der Waals surface area contributed by atoms with E-state index >= 15 is 0 Å². The van der Waals surface area contributed by atoms with Crippen LogP contribution in [0, 0.1) is 0 Å². The lowest BCUT2D eigenvalue weighted by molar-refractivity contribution is 0.289. The van der Waals surface area contributed by atoms with Gasteiger partial charge in [-0.2, -0.15) is 0 Å². The summed E-state index contributed by atoms with van der Waals surface area (Å²) in [6.45, 7) is 5.51. The molecule has 1 unspecified atom stereocenters. The van der Waals surface area contributed by atoms with Crippen LogP contribution < -0.4 is 5.32 Å². The van der Waals surface area contributed by atoms with E-state index in [1.54, 1.807) is 0 Å². The number of rotatable bonds is 6. The van der Waals surface area contributed by atoms with E-state index in [1.165, 1.54) is 13.5 Å². The lowest BCUT2D eigenvalue weighted by Crippen LogP contribution is -2.29. The first-order valence-electron chi connectivity index (χ1n) is 7.49. The Bertz CT molecular complexity index is 497. The molecule has 4 nitrogen and oxygen atoms in total. The number of benzene rings is 1. The quantitative estimate of drug-likeness (QED) is 0.842. The monoisotopic (exact) mass is 364 g/mol. The molecule has 1 saturated heterocycles. The van der Waals surface area contributed by atoms with Crippen molar-refractivity contribution in [3.63, 3.8) is 0 Å². The molecule has 0 bridgehead atoms. The standard InChI is InChI=1S/C15H22Cl2N2O2S/c1-21-22(20)15-13(16)10-12(11-14(15)17)4-2-7-19-8-3-5-18-6-9-19/h10-11,18H,2-9H2,1H3. The maximum Gasteiger partial charge on any atom is 0.191 e. The fourth-order valence-electron chi connectivity index (χ4n) is 2.63. The van der Waals surface area contributed by atoms with Crippen LogP contribution in [-0.4, -0.2) is 48.9 Å². The van der Waals surface area contributed by atoms with Crippen molar-refractivity contribution in [2.45, 2.75) is 24.2 Å². The number of hydrogen-bond donors (Lipinski definition) is 1. The van der Waals surface area contributed by atoms with E-state index in [2.05, 4.69) is 10.2 Å². The van der Waals surface area contributed by atoms with Gasteiger partial charge in [0.2, 0.25) is 0 Å². The van der Waals surface area contributed by atoms with Crippen molar-refractivity contribution in [2.24, 2.45) is 0 Å². The fraction of sp³-hybridized carbons (Fsp3) is 0.600. The predicted octanol–water partition coefficient (Wildman–Crippen LogP) is 2.89. The molecule has 7 heteroatoms. The second-order valence-corrected chi connectivity index (χ2v) is 7.36. The normalized spacial score (nSPS) is 18.1. The molecule has 1 fully saturated rings. The molecule has 1 N–H and O–H groups in total. The molecule has 0 radical (unpaired) electrons. The van der Waals surface area contributed by atoms with Crippen LogP contribution in [0.25, 0.3) is 0 Å². The molecule has 1 atom stereocenters. The average Bonchev–Trinajstić information content (AvgIpc) is 2.75. The number of hydrogen-bond acceptors (Lipinski definition) is 4. The Balaban J connectivity index is 1.91. The van der Waals surface area contributed by atoms with Crippen LogP contribution in [0.1, 0.15) is 18.4 Å². The molecule has 0 saturated carbocycles. The summed E-state index contributed by atoms with van der Waals surface area (Å²) in [5.41, 5.74) is 1.07. The van der Waals surface area contributed by atoms with Crippen LogP contribution in [0.4, 0.5) is 0 Å². The number of nitrogens with one attached hydrogen (secondary N) is 1. The summed E-state index contributed by atoms with van der Waals surface area (Å²) in [5.74, 6) is 0. The van der Waals surface area contributed by atoms with Gasteiger partial charge >= 0.3 is 0 Å². The van der Waals surface area contributed by atoms with Gasteiger partial charge in [0, 0.05) is 13.1 Å². The van der Waals surface area contributed by atoms with E-state index in [9.17, 15) is 4.21 Å². The van der Waals surface area contributed by atoms with Crippen molar-refractivity contribution in [3.8, 4) is 0 Å². The summed E-state index contributed by atoms with van der Waals surface area (Å²) in [7, 11) is 1.37. The molecule has 1 heterocycles. The molecule has 2 rings (SSSR count). The summed E-state index contributed by atoms with van der Waals surface area (Å²) in [6.07, 6.45) is 3.16. The summed E-state index contributed by atoms with van der Waals surface area (Å²) < 4.78 is 16.5. The number of nitrogens with zero attached hydrogens (tertiary/aromatic N) is 1. The molecule has 0 amide bonds. The van der Waals surface area contributed by atoms with Gasteiger partial charge in [-0.15, -0.1) is 0 Å². The Morgan fingerprint density at radius 2 is 2.00 bits per heavy atom. The molecular weight excluding hydrogens is 343 g/mol. The maximum atomic E-state index is 11.7. The van der Waals surface area contributed by atoms with Crippen molar-refractivity contribution in [1.82, 2.24) is 10.2 Å². The van der Waals surface area contributed by atoms with Gasteiger partial charge < -0.3 is 10.2 Å². The van der Waals surface area contributed by atoms with Crippen LogP contribution in [0.3, 0.4) is 0 Å². The van der Waals surface area contributed by atoms with Crippen LogP contribution in [0.5, 0.6) is 0 Å². The highest BCUT2D eigenvalue weighted by Crippen LogP contribution is 2.30. The number of aryl methyl sites for hydroxylation is 1. The minimum absolute atomic E-state index is 0.355. The summed E-state index contributed by atoms with van der Waals surface area (Å²) >= 11 is 10.8. The minimum atomic E-state index is -1.61. The van der Waals surface area contributed by atoms with Crippen molar-refractivity contribution in [3.05, 3.63) is 27.7 Å².